The lowest BCUT2D eigenvalue weighted by molar-refractivity contribution is -0.152. The molecule has 126 valence electrons. The summed E-state index contributed by atoms with van der Waals surface area (Å²) in [7, 11) is 0. The van der Waals surface area contributed by atoms with Crippen molar-refractivity contribution in [3.8, 4) is 5.75 Å². The molecule has 1 saturated carbocycles. The molecule has 2 rings (SSSR count). The summed E-state index contributed by atoms with van der Waals surface area (Å²) in [4.78, 5) is 23.1. The summed E-state index contributed by atoms with van der Waals surface area (Å²) in [5.74, 6) is 0.661. The zero-order valence-corrected chi connectivity index (χ0v) is 14.0. The molecule has 0 unspecified atom stereocenters. The number of benzene rings is 1. The molecule has 2 N–H and O–H groups in total. The third-order valence-corrected chi connectivity index (χ3v) is 4.25. The maximum absolute atomic E-state index is 12.0. The summed E-state index contributed by atoms with van der Waals surface area (Å²) in [6.45, 7) is 5.63. The van der Waals surface area contributed by atoms with Crippen LogP contribution in [-0.4, -0.2) is 25.1 Å². The van der Waals surface area contributed by atoms with Crippen LogP contribution in [0.1, 0.15) is 56.6 Å². The van der Waals surface area contributed by atoms with Gasteiger partial charge in [-0.15, -0.1) is 0 Å². The number of carbonyl (C=O) groups is 2. The Bertz CT molecular complexity index is 578. The molecule has 1 atom stereocenters. The number of hydrogen-bond donors (Lipinski definition) is 1. The number of para-hydroxylation sites is 1. The van der Waals surface area contributed by atoms with E-state index < -0.39 is 18.5 Å². The van der Waals surface area contributed by atoms with E-state index in [0.717, 1.165) is 11.1 Å². The summed E-state index contributed by atoms with van der Waals surface area (Å²) >= 11 is 0. The summed E-state index contributed by atoms with van der Waals surface area (Å²) < 4.78 is 10.3. The number of rotatable bonds is 7. The molecule has 1 fully saturated rings. The first-order chi connectivity index (χ1) is 10.9. The Morgan fingerprint density at radius 2 is 1.83 bits per heavy atom. The molecule has 0 amide bonds. The second-order valence-corrected chi connectivity index (χ2v) is 6.39. The van der Waals surface area contributed by atoms with Gasteiger partial charge in [0.2, 0.25) is 0 Å². The number of esters is 2. The second-order valence-electron chi connectivity index (χ2n) is 6.39. The van der Waals surface area contributed by atoms with Gasteiger partial charge in [0.05, 0.1) is 6.54 Å². The van der Waals surface area contributed by atoms with Gasteiger partial charge in [0.1, 0.15) is 5.75 Å². The van der Waals surface area contributed by atoms with Crippen molar-refractivity contribution in [3.05, 3.63) is 29.3 Å². The molecule has 1 aromatic rings. The quantitative estimate of drug-likeness (QED) is 0.617. The van der Waals surface area contributed by atoms with Crippen molar-refractivity contribution in [1.82, 2.24) is 0 Å². The Balaban J connectivity index is 2.20. The predicted molar refractivity (Wildman–Crippen MR) is 87.3 cm³/mol. The fourth-order valence-electron chi connectivity index (χ4n) is 2.70. The van der Waals surface area contributed by atoms with Gasteiger partial charge in [-0.05, 0) is 41.7 Å². The molecule has 1 aliphatic rings. The van der Waals surface area contributed by atoms with E-state index in [-0.39, 0.29) is 12.5 Å². The molecule has 0 saturated heterocycles. The van der Waals surface area contributed by atoms with E-state index in [9.17, 15) is 9.59 Å². The van der Waals surface area contributed by atoms with E-state index >= 15 is 0 Å². The van der Waals surface area contributed by atoms with Crippen LogP contribution >= 0.6 is 0 Å². The van der Waals surface area contributed by atoms with E-state index in [1.54, 1.807) is 0 Å². The van der Waals surface area contributed by atoms with Crippen molar-refractivity contribution in [3.63, 3.8) is 0 Å². The van der Waals surface area contributed by atoms with Crippen molar-refractivity contribution >= 4 is 11.9 Å². The molecule has 1 aliphatic carbocycles. The van der Waals surface area contributed by atoms with Crippen LogP contribution in [0.25, 0.3) is 0 Å². The number of nitrogens with two attached hydrogens (primary N) is 1. The second kappa shape index (κ2) is 7.59. The largest absolute Gasteiger partial charge is 0.453 e. The predicted octanol–water partition coefficient (Wildman–Crippen LogP) is 2.73. The lowest BCUT2D eigenvalue weighted by Gasteiger charge is -2.20. The summed E-state index contributed by atoms with van der Waals surface area (Å²) in [6, 6.07) is 6.00. The maximum Gasteiger partial charge on any atom is 0.349 e. The molecule has 5 nitrogen and oxygen atoms in total. The molecule has 1 aromatic carbocycles. The molecule has 0 bridgehead atoms. The molecule has 0 aliphatic heterocycles. The molecule has 5 heteroatoms. The SMILES string of the molecule is CC(C)c1cccc([C@@H](C)C2CC2)c1OC(=O)COC(=O)CN. The van der Waals surface area contributed by atoms with Crippen LogP contribution < -0.4 is 10.5 Å². The Kier molecular flexibility index (Phi) is 5.77. The molecular weight excluding hydrogens is 294 g/mol. The van der Waals surface area contributed by atoms with Gasteiger partial charge in [0.25, 0.3) is 0 Å². The summed E-state index contributed by atoms with van der Waals surface area (Å²) in [5.41, 5.74) is 7.20. The number of carbonyl (C=O) groups excluding carboxylic acids is 2. The Morgan fingerprint density at radius 1 is 1.17 bits per heavy atom. The van der Waals surface area contributed by atoms with Crippen molar-refractivity contribution in [2.24, 2.45) is 11.7 Å². The standard InChI is InChI=1S/C18H25NO4/c1-11(2)14-5-4-6-15(12(3)13-7-8-13)18(14)23-17(21)10-22-16(20)9-19/h4-6,11-13H,7-10,19H2,1-3H3/t12-/m0/s1. The molecule has 23 heavy (non-hydrogen) atoms. The van der Waals surface area contributed by atoms with Crippen LogP contribution in [-0.2, 0) is 14.3 Å². The summed E-state index contributed by atoms with van der Waals surface area (Å²) in [6.07, 6.45) is 2.43. The zero-order valence-electron chi connectivity index (χ0n) is 14.0. The van der Waals surface area contributed by atoms with E-state index in [1.807, 2.05) is 18.2 Å². The summed E-state index contributed by atoms with van der Waals surface area (Å²) in [5, 5.41) is 0. The van der Waals surface area contributed by atoms with Gasteiger partial charge >= 0.3 is 11.9 Å². The van der Waals surface area contributed by atoms with Crippen molar-refractivity contribution in [2.45, 2.75) is 45.4 Å². The first-order valence-corrected chi connectivity index (χ1v) is 8.13. The third kappa shape index (κ3) is 4.55. The van der Waals surface area contributed by atoms with Gasteiger partial charge in [-0.25, -0.2) is 4.79 Å². The van der Waals surface area contributed by atoms with Crippen molar-refractivity contribution in [2.75, 3.05) is 13.2 Å². The third-order valence-electron chi connectivity index (χ3n) is 4.25. The number of hydrogen-bond acceptors (Lipinski definition) is 5. The highest BCUT2D eigenvalue weighted by atomic mass is 16.6. The van der Waals surface area contributed by atoms with Gasteiger partial charge in [0, 0.05) is 0 Å². The van der Waals surface area contributed by atoms with E-state index in [1.165, 1.54) is 12.8 Å². The first-order valence-electron chi connectivity index (χ1n) is 8.13. The van der Waals surface area contributed by atoms with Crippen LogP contribution in [0.2, 0.25) is 0 Å². The van der Waals surface area contributed by atoms with Crippen LogP contribution in [0.4, 0.5) is 0 Å². The Hall–Kier alpha value is -1.88. The van der Waals surface area contributed by atoms with Crippen LogP contribution in [0.5, 0.6) is 5.75 Å². The Labute approximate surface area is 137 Å². The fourth-order valence-corrected chi connectivity index (χ4v) is 2.70. The highest BCUT2D eigenvalue weighted by Gasteiger charge is 2.32. The van der Waals surface area contributed by atoms with Crippen molar-refractivity contribution < 1.29 is 19.1 Å². The Morgan fingerprint density at radius 3 is 2.39 bits per heavy atom. The highest BCUT2D eigenvalue weighted by Crippen LogP contribution is 2.46. The normalized spacial score (nSPS) is 15.3. The minimum Gasteiger partial charge on any atom is -0.453 e. The van der Waals surface area contributed by atoms with Gasteiger partial charge < -0.3 is 15.2 Å². The average Bonchev–Trinajstić information content (AvgIpc) is 3.36. The zero-order chi connectivity index (χ0) is 17.0. The van der Waals surface area contributed by atoms with Gasteiger partial charge in [-0.2, -0.15) is 0 Å². The van der Waals surface area contributed by atoms with Crippen LogP contribution in [0, 0.1) is 5.92 Å². The number of ether oxygens (including phenoxy) is 2. The topological polar surface area (TPSA) is 78.6 Å². The molecule has 0 radical (unpaired) electrons. The molecule has 0 heterocycles. The van der Waals surface area contributed by atoms with Gasteiger partial charge in [0.15, 0.2) is 6.61 Å². The first kappa shape index (κ1) is 17.5. The fraction of sp³-hybridized carbons (Fsp3) is 0.556. The lowest BCUT2D eigenvalue weighted by Crippen LogP contribution is -2.24. The van der Waals surface area contributed by atoms with Crippen LogP contribution in [0.15, 0.2) is 18.2 Å². The molecule has 0 aromatic heterocycles. The van der Waals surface area contributed by atoms with Crippen LogP contribution in [0.3, 0.4) is 0 Å². The lowest BCUT2D eigenvalue weighted by atomic mass is 9.90. The van der Waals surface area contributed by atoms with E-state index in [0.29, 0.717) is 17.6 Å². The smallest absolute Gasteiger partial charge is 0.349 e. The molecule has 0 spiro atoms. The minimum atomic E-state index is -0.620. The molecular formula is C18H25NO4. The van der Waals surface area contributed by atoms with E-state index in [4.69, 9.17) is 15.2 Å². The minimum absolute atomic E-state index is 0.232. The van der Waals surface area contributed by atoms with Gasteiger partial charge in [-0.3, -0.25) is 4.79 Å². The maximum atomic E-state index is 12.0. The van der Waals surface area contributed by atoms with Gasteiger partial charge in [-0.1, -0.05) is 39.0 Å². The average molecular weight is 319 g/mol. The van der Waals surface area contributed by atoms with Crippen molar-refractivity contribution in [1.29, 1.82) is 0 Å². The van der Waals surface area contributed by atoms with E-state index in [2.05, 4.69) is 20.8 Å². The highest BCUT2D eigenvalue weighted by molar-refractivity contribution is 5.79. The monoisotopic (exact) mass is 319 g/mol.